The number of methoxy groups -OCH3 is 1. The molecule has 1 atom stereocenters. The number of nitrogens with zero attached hydrogens (tertiary/aromatic N) is 1. The summed E-state index contributed by atoms with van der Waals surface area (Å²) in [6.45, 7) is 3.55. The van der Waals surface area contributed by atoms with Gasteiger partial charge in [0.05, 0.1) is 17.5 Å². The fraction of sp³-hybridized carbons (Fsp3) is 0.375. The molecule has 126 valence electrons. The molecule has 0 bridgehead atoms. The van der Waals surface area contributed by atoms with Crippen LogP contribution in [0.1, 0.15) is 16.5 Å². The van der Waals surface area contributed by atoms with Crippen molar-refractivity contribution in [3.05, 3.63) is 50.9 Å². The minimum absolute atomic E-state index is 0. The molecule has 2 aromatic rings. The standard InChI is InChI=1S/C16H18ClFN2OS.ClH/c1-21-11-2-3-13(18)12(10-11)16(14-4-5-15(17)22-14)20-8-6-19-7-9-20;/h2-5,10,16,19H,6-9H2,1H3;1H/t16-;/m1./s1. The van der Waals surface area contributed by atoms with Crippen molar-refractivity contribution in [2.75, 3.05) is 33.3 Å². The Bertz CT molecular complexity index is 647. The van der Waals surface area contributed by atoms with Gasteiger partial charge in [0.15, 0.2) is 0 Å². The summed E-state index contributed by atoms with van der Waals surface area (Å²) in [6, 6.07) is 8.63. The zero-order chi connectivity index (χ0) is 15.5. The number of nitrogens with one attached hydrogen (secondary N) is 1. The largest absolute Gasteiger partial charge is 0.497 e. The number of hydrogen-bond acceptors (Lipinski definition) is 4. The smallest absolute Gasteiger partial charge is 0.128 e. The van der Waals surface area contributed by atoms with Gasteiger partial charge in [0, 0.05) is 36.6 Å². The van der Waals surface area contributed by atoms with Crippen LogP contribution in [0.2, 0.25) is 4.34 Å². The van der Waals surface area contributed by atoms with Crippen LogP contribution in [0.5, 0.6) is 5.75 Å². The van der Waals surface area contributed by atoms with Gasteiger partial charge in [0.2, 0.25) is 0 Å². The molecule has 2 heterocycles. The van der Waals surface area contributed by atoms with Crippen LogP contribution in [-0.2, 0) is 0 Å². The molecule has 1 N–H and O–H groups in total. The maximum Gasteiger partial charge on any atom is 0.128 e. The van der Waals surface area contributed by atoms with Gasteiger partial charge in [-0.05, 0) is 30.3 Å². The van der Waals surface area contributed by atoms with E-state index < -0.39 is 0 Å². The Morgan fingerprint density at radius 2 is 2.00 bits per heavy atom. The summed E-state index contributed by atoms with van der Waals surface area (Å²) in [4.78, 5) is 3.34. The molecule has 0 unspecified atom stereocenters. The molecule has 0 aliphatic carbocycles. The lowest BCUT2D eigenvalue weighted by molar-refractivity contribution is 0.197. The van der Waals surface area contributed by atoms with Gasteiger partial charge in [-0.1, -0.05) is 11.6 Å². The Hall–Kier alpha value is -0.850. The number of piperazine rings is 1. The monoisotopic (exact) mass is 376 g/mol. The van der Waals surface area contributed by atoms with E-state index >= 15 is 0 Å². The Balaban J connectivity index is 0.00000192. The lowest BCUT2D eigenvalue weighted by Crippen LogP contribution is -2.45. The summed E-state index contributed by atoms with van der Waals surface area (Å²) in [5.41, 5.74) is 0.639. The quantitative estimate of drug-likeness (QED) is 0.873. The van der Waals surface area contributed by atoms with E-state index in [1.54, 1.807) is 19.2 Å². The van der Waals surface area contributed by atoms with Crippen LogP contribution in [0.4, 0.5) is 4.39 Å². The predicted octanol–water partition coefficient (Wildman–Crippen LogP) is 3.97. The van der Waals surface area contributed by atoms with Gasteiger partial charge in [0.1, 0.15) is 11.6 Å². The zero-order valence-electron chi connectivity index (χ0n) is 12.7. The summed E-state index contributed by atoms with van der Waals surface area (Å²) >= 11 is 7.60. The molecule has 1 saturated heterocycles. The minimum Gasteiger partial charge on any atom is -0.497 e. The van der Waals surface area contributed by atoms with Crippen LogP contribution in [-0.4, -0.2) is 38.2 Å². The Labute approximate surface area is 150 Å². The summed E-state index contributed by atoms with van der Waals surface area (Å²) in [7, 11) is 1.60. The SMILES string of the molecule is COc1ccc(F)c([C@H](c2ccc(Cl)s2)N2CCNCC2)c1.Cl. The van der Waals surface area contributed by atoms with Crippen LogP contribution >= 0.6 is 35.3 Å². The Morgan fingerprint density at radius 1 is 1.26 bits per heavy atom. The second-order valence-corrected chi connectivity index (χ2v) is 6.96. The molecule has 7 heteroatoms. The number of hydrogen-bond donors (Lipinski definition) is 1. The van der Waals surface area contributed by atoms with Crippen molar-refractivity contribution in [1.82, 2.24) is 10.2 Å². The third kappa shape index (κ3) is 4.17. The van der Waals surface area contributed by atoms with Crippen LogP contribution in [0.15, 0.2) is 30.3 Å². The molecule has 0 spiro atoms. The highest BCUT2D eigenvalue weighted by molar-refractivity contribution is 7.16. The van der Waals surface area contributed by atoms with E-state index in [2.05, 4.69) is 10.2 Å². The van der Waals surface area contributed by atoms with Crippen molar-refractivity contribution >= 4 is 35.3 Å². The van der Waals surface area contributed by atoms with E-state index in [1.807, 2.05) is 12.1 Å². The Kier molecular flexibility index (Phi) is 6.68. The van der Waals surface area contributed by atoms with Gasteiger partial charge in [-0.25, -0.2) is 4.39 Å². The molecule has 0 amide bonds. The van der Waals surface area contributed by atoms with E-state index in [9.17, 15) is 4.39 Å². The van der Waals surface area contributed by atoms with E-state index in [0.717, 1.165) is 35.4 Å². The number of ether oxygens (including phenoxy) is 1. The van der Waals surface area contributed by atoms with Crippen molar-refractivity contribution < 1.29 is 9.13 Å². The fourth-order valence-corrected chi connectivity index (χ4v) is 4.02. The van der Waals surface area contributed by atoms with Crippen molar-refractivity contribution in [3.8, 4) is 5.75 Å². The molecule has 1 aromatic carbocycles. The maximum absolute atomic E-state index is 14.5. The van der Waals surface area contributed by atoms with Crippen LogP contribution in [0.3, 0.4) is 0 Å². The van der Waals surface area contributed by atoms with E-state index in [-0.39, 0.29) is 24.3 Å². The molecule has 0 saturated carbocycles. The molecule has 1 aromatic heterocycles. The van der Waals surface area contributed by atoms with Gasteiger partial charge < -0.3 is 10.1 Å². The van der Waals surface area contributed by atoms with Crippen molar-refractivity contribution in [2.45, 2.75) is 6.04 Å². The van der Waals surface area contributed by atoms with Crippen LogP contribution in [0, 0.1) is 5.82 Å². The molecule has 1 aliphatic rings. The lowest BCUT2D eigenvalue weighted by atomic mass is 10.0. The molecule has 0 radical (unpaired) electrons. The van der Waals surface area contributed by atoms with E-state index in [1.165, 1.54) is 17.4 Å². The van der Waals surface area contributed by atoms with Crippen LogP contribution in [0.25, 0.3) is 0 Å². The number of rotatable bonds is 4. The van der Waals surface area contributed by atoms with Gasteiger partial charge in [0.25, 0.3) is 0 Å². The van der Waals surface area contributed by atoms with Crippen LogP contribution < -0.4 is 10.1 Å². The van der Waals surface area contributed by atoms with Gasteiger partial charge in [-0.15, -0.1) is 23.7 Å². The predicted molar refractivity (Wildman–Crippen MR) is 95.8 cm³/mol. The first kappa shape index (κ1) is 18.5. The second kappa shape index (κ2) is 8.31. The number of benzene rings is 1. The number of thiophene rings is 1. The topological polar surface area (TPSA) is 24.5 Å². The van der Waals surface area contributed by atoms with Gasteiger partial charge in [-0.3, -0.25) is 4.90 Å². The molecule has 3 rings (SSSR count). The van der Waals surface area contributed by atoms with Crippen molar-refractivity contribution in [1.29, 1.82) is 0 Å². The van der Waals surface area contributed by atoms with Gasteiger partial charge >= 0.3 is 0 Å². The van der Waals surface area contributed by atoms with Crippen molar-refractivity contribution in [3.63, 3.8) is 0 Å². The first-order valence-corrected chi connectivity index (χ1v) is 8.42. The molecule has 23 heavy (non-hydrogen) atoms. The average molecular weight is 377 g/mol. The molecule has 3 nitrogen and oxygen atoms in total. The molecular weight excluding hydrogens is 358 g/mol. The summed E-state index contributed by atoms with van der Waals surface area (Å²) < 4.78 is 20.5. The van der Waals surface area contributed by atoms with Gasteiger partial charge in [-0.2, -0.15) is 0 Å². The Morgan fingerprint density at radius 3 is 2.61 bits per heavy atom. The first-order valence-electron chi connectivity index (χ1n) is 7.22. The highest BCUT2D eigenvalue weighted by Crippen LogP contribution is 2.37. The highest BCUT2D eigenvalue weighted by Gasteiger charge is 2.28. The van der Waals surface area contributed by atoms with E-state index in [0.29, 0.717) is 11.3 Å². The fourth-order valence-electron chi connectivity index (χ4n) is 2.80. The van der Waals surface area contributed by atoms with E-state index in [4.69, 9.17) is 16.3 Å². The normalized spacial score (nSPS) is 16.7. The first-order chi connectivity index (χ1) is 10.7. The average Bonchev–Trinajstić information content (AvgIpc) is 2.96. The second-order valence-electron chi connectivity index (χ2n) is 5.22. The molecule has 1 aliphatic heterocycles. The third-order valence-corrected chi connectivity index (χ3v) is 5.16. The molecule has 1 fully saturated rings. The lowest BCUT2D eigenvalue weighted by Gasteiger charge is -2.35. The summed E-state index contributed by atoms with van der Waals surface area (Å²) in [5.74, 6) is 0.452. The summed E-state index contributed by atoms with van der Waals surface area (Å²) in [5, 5.41) is 3.33. The minimum atomic E-state index is -0.214. The zero-order valence-corrected chi connectivity index (χ0v) is 15.1. The third-order valence-electron chi connectivity index (χ3n) is 3.88. The number of halogens is 3. The van der Waals surface area contributed by atoms with Crippen molar-refractivity contribution in [2.24, 2.45) is 0 Å². The summed E-state index contributed by atoms with van der Waals surface area (Å²) in [6.07, 6.45) is 0. The maximum atomic E-state index is 14.5. The molecular formula is C16H19Cl2FN2OS. The highest BCUT2D eigenvalue weighted by atomic mass is 35.5.